The lowest BCUT2D eigenvalue weighted by Gasteiger charge is -2.19. The minimum atomic E-state index is -0.335. The first-order valence-electron chi connectivity index (χ1n) is 9.36. The number of ether oxygens (including phenoxy) is 1. The Morgan fingerprint density at radius 1 is 1.22 bits per heavy atom. The lowest BCUT2D eigenvalue weighted by atomic mass is 10.1. The van der Waals surface area contributed by atoms with Crippen molar-refractivity contribution in [3.05, 3.63) is 29.3 Å². The van der Waals surface area contributed by atoms with Gasteiger partial charge in [-0.05, 0) is 38.1 Å². The van der Waals surface area contributed by atoms with E-state index in [-0.39, 0.29) is 29.8 Å². The predicted octanol–water partition coefficient (Wildman–Crippen LogP) is 1.14. The number of hydrogen-bond acceptors (Lipinski definition) is 5. The summed E-state index contributed by atoms with van der Waals surface area (Å²) in [5, 5.41) is 5.60. The summed E-state index contributed by atoms with van der Waals surface area (Å²) in [6.07, 6.45) is 1.75. The van der Waals surface area contributed by atoms with Crippen LogP contribution in [0.15, 0.2) is 18.2 Å². The Morgan fingerprint density at radius 3 is 2.78 bits per heavy atom. The molecule has 1 saturated heterocycles. The maximum Gasteiger partial charge on any atom is 0.319 e. The molecule has 0 aromatic heterocycles. The molecule has 2 heterocycles. The molecule has 144 valence electrons. The van der Waals surface area contributed by atoms with Crippen LogP contribution in [-0.4, -0.2) is 73.6 Å². The number of amides is 4. The lowest BCUT2D eigenvalue weighted by molar-refractivity contribution is 0.0642. The summed E-state index contributed by atoms with van der Waals surface area (Å²) in [7, 11) is 2.04. The fourth-order valence-corrected chi connectivity index (χ4v) is 3.59. The number of likely N-dealkylation sites (N-methyl/N-ethyl adjacent to an activating group) is 1. The zero-order chi connectivity index (χ0) is 19.0. The van der Waals surface area contributed by atoms with Gasteiger partial charge in [0.2, 0.25) is 0 Å². The van der Waals surface area contributed by atoms with E-state index in [1.165, 1.54) is 4.90 Å². The Bertz CT molecular complexity index is 777. The first-order chi connectivity index (χ1) is 13.0. The van der Waals surface area contributed by atoms with Crippen LogP contribution in [0.1, 0.15) is 33.6 Å². The van der Waals surface area contributed by atoms with Gasteiger partial charge in [-0.1, -0.05) is 0 Å². The van der Waals surface area contributed by atoms with Gasteiger partial charge in [0.1, 0.15) is 0 Å². The average molecular weight is 372 g/mol. The zero-order valence-corrected chi connectivity index (χ0v) is 15.4. The molecule has 1 aliphatic carbocycles. The first-order valence-corrected chi connectivity index (χ1v) is 9.36. The third-order valence-corrected chi connectivity index (χ3v) is 5.18. The molecular formula is C19H24N4O4. The van der Waals surface area contributed by atoms with Crippen LogP contribution in [-0.2, 0) is 4.74 Å². The number of hydrogen-bond donors (Lipinski definition) is 2. The van der Waals surface area contributed by atoms with Crippen LogP contribution in [0.3, 0.4) is 0 Å². The van der Waals surface area contributed by atoms with Gasteiger partial charge in [0.15, 0.2) is 0 Å². The van der Waals surface area contributed by atoms with Crippen molar-refractivity contribution in [2.24, 2.45) is 5.92 Å². The standard InChI is InChI=1S/C19H24N4O4/c1-22-6-7-27-11-12(10-22)9-20-19(26)21-13-2-5-15-16(8-13)18(25)23(17(15)24)14-3-4-14/h2,5,8,12,14H,3-4,6-7,9-11H2,1H3,(H2,20,21,26)/t12-/m1/s1. The molecule has 2 fully saturated rings. The van der Waals surface area contributed by atoms with Crippen molar-refractivity contribution in [3.63, 3.8) is 0 Å². The number of nitrogens with zero attached hydrogens (tertiary/aromatic N) is 2. The molecule has 1 aromatic rings. The van der Waals surface area contributed by atoms with Crippen molar-refractivity contribution in [3.8, 4) is 0 Å². The second-order valence-electron chi connectivity index (χ2n) is 7.51. The van der Waals surface area contributed by atoms with Gasteiger partial charge in [0.25, 0.3) is 11.8 Å². The normalized spacial score (nSPS) is 23.1. The molecule has 1 saturated carbocycles. The van der Waals surface area contributed by atoms with Crippen molar-refractivity contribution in [1.29, 1.82) is 0 Å². The number of benzene rings is 1. The minimum Gasteiger partial charge on any atom is -0.380 e. The smallest absolute Gasteiger partial charge is 0.319 e. The van der Waals surface area contributed by atoms with Crippen LogP contribution in [0.4, 0.5) is 10.5 Å². The highest BCUT2D eigenvalue weighted by Gasteiger charge is 2.44. The summed E-state index contributed by atoms with van der Waals surface area (Å²) in [5.74, 6) is -0.263. The maximum atomic E-state index is 12.5. The Morgan fingerprint density at radius 2 is 2.00 bits per heavy atom. The largest absolute Gasteiger partial charge is 0.380 e. The highest BCUT2D eigenvalue weighted by atomic mass is 16.5. The molecular weight excluding hydrogens is 348 g/mol. The molecule has 0 unspecified atom stereocenters. The fraction of sp³-hybridized carbons (Fsp3) is 0.526. The van der Waals surface area contributed by atoms with E-state index in [0.29, 0.717) is 36.6 Å². The molecule has 1 atom stereocenters. The van der Waals surface area contributed by atoms with E-state index < -0.39 is 0 Å². The van der Waals surface area contributed by atoms with Crippen molar-refractivity contribution >= 4 is 23.5 Å². The van der Waals surface area contributed by atoms with Gasteiger partial charge in [-0.25, -0.2) is 4.79 Å². The number of fused-ring (bicyclic) bond motifs is 1. The second kappa shape index (κ2) is 7.28. The Labute approximate surface area is 157 Å². The summed E-state index contributed by atoms with van der Waals surface area (Å²) in [6.45, 7) is 3.60. The SMILES string of the molecule is CN1CCOC[C@H](CNC(=O)Nc2ccc3c(c2)C(=O)N(C2CC2)C3=O)C1. The monoisotopic (exact) mass is 372 g/mol. The van der Waals surface area contributed by atoms with Crippen LogP contribution < -0.4 is 10.6 Å². The average Bonchev–Trinajstić information content (AvgIpc) is 3.45. The van der Waals surface area contributed by atoms with Gasteiger partial charge in [-0.15, -0.1) is 0 Å². The van der Waals surface area contributed by atoms with Crippen LogP contribution in [0.2, 0.25) is 0 Å². The number of carbonyl (C=O) groups is 3. The fourth-order valence-electron chi connectivity index (χ4n) is 3.59. The van der Waals surface area contributed by atoms with E-state index in [2.05, 4.69) is 15.5 Å². The maximum absolute atomic E-state index is 12.5. The Hall–Kier alpha value is -2.45. The topological polar surface area (TPSA) is 91.0 Å². The van der Waals surface area contributed by atoms with Gasteiger partial charge >= 0.3 is 6.03 Å². The lowest BCUT2D eigenvalue weighted by Crippen LogP contribution is -2.37. The van der Waals surface area contributed by atoms with Crippen LogP contribution in [0.25, 0.3) is 0 Å². The molecule has 4 amide bonds. The van der Waals surface area contributed by atoms with E-state index in [0.717, 1.165) is 25.9 Å². The van der Waals surface area contributed by atoms with Gasteiger partial charge in [0.05, 0.1) is 24.3 Å². The summed E-state index contributed by atoms with van der Waals surface area (Å²) < 4.78 is 5.55. The summed E-state index contributed by atoms with van der Waals surface area (Å²) >= 11 is 0. The van der Waals surface area contributed by atoms with Crippen molar-refractivity contribution in [2.45, 2.75) is 18.9 Å². The third-order valence-electron chi connectivity index (χ3n) is 5.18. The number of rotatable bonds is 4. The molecule has 27 heavy (non-hydrogen) atoms. The Balaban J connectivity index is 1.35. The minimum absolute atomic E-state index is 0.0389. The van der Waals surface area contributed by atoms with E-state index in [4.69, 9.17) is 4.74 Å². The van der Waals surface area contributed by atoms with E-state index in [1.807, 2.05) is 7.05 Å². The molecule has 0 radical (unpaired) electrons. The van der Waals surface area contributed by atoms with Crippen LogP contribution in [0, 0.1) is 5.92 Å². The molecule has 0 bridgehead atoms. The molecule has 2 N–H and O–H groups in total. The number of imide groups is 1. The van der Waals surface area contributed by atoms with E-state index in [9.17, 15) is 14.4 Å². The van der Waals surface area contributed by atoms with Crippen molar-refractivity contribution in [1.82, 2.24) is 15.1 Å². The summed E-state index contributed by atoms with van der Waals surface area (Å²) in [6, 6.07) is 4.55. The molecule has 8 heteroatoms. The quantitative estimate of drug-likeness (QED) is 0.774. The number of anilines is 1. The van der Waals surface area contributed by atoms with Gasteiger partial charge in [0, 0.05) is 37.3 Å². The molecule has 1 aromatic carbocycles. The first kappa shape index (κ1) is 17.9. The van der Waals surface area contributed by atoms with Gasteiger partial charge in [-0.3, -0.25) is 14.5 Å². The molecule has 0 spiro atoms. The highest BCUT2D eigenvalue weighted by Crippen LogP contribution is 2.35. The zero-order valence-electron chi connectivity index (χ0n) is 15.4. The third kappa shape index (κ3) is 3.81. The Kier molecular flexibility index (Phi) is 4.84. The van der Waals surface area contributed by atoms with Crippen molar-refractivity contribution < 1.29 is 19.1 Å². The summed E-state index contributed by atoms with van der Waals surface area (Å²) in [4.78, 5) is 40.6. The summed E-state index contributed by atoms with van der Waals surface area (Å²) in [5.41, 5.74) is 1.28. The predicted molar refractivity (Wildman–Crippen MR) is 98.8 cm³/mol. The second-order valence-corrected chi connectivity index (χ2v) is 7.51. The van der Waals surface area contributed by atoms with Crippen LogP contribution >= 0.6 is 0 Å². The van der Waals surface area contributed by atoms with Crippen molar-refractivity contribution in [2.75, 3.05) is 45.2 Å². The molecule has 2 aliphatic heterocycles. The highest BCUT2D eigenvalue weighted by molar-refractivity contribution is 6.22. The van der Waals surface area contributed by atoms with E-state index in [1.54, 1.807) is 18.2 Å². The number of urea groups is 1. The number of nitrogens with one attached hydrogen (secondary N) is 2. The molecule has 8 nitrogen and oxygen atoms in total. The molecule has 3 aliphatic rings. The number of carbonyl (C=O) groups excluding carboxylic acids is 3. The van der Waals surface area contributed by atoms with Gasteiger partial charge in [-0.2, -0.15) is 0 Å². The molecule has 4 rings (SSSR count). The van der Waals surface area contributed by atoms with Gasteiger partial charge < -0.3 is 20.3 Å². The van der Waals surface area contributed by atoms with E-state index >= 15 is 0 Å². The van der Waals surface area contributed by atoms with Crippen LogP contribution in [0.5, 0.6) is 0 Å².